The average molecular weight is 442 g/mol. The molecule has 3 aromatic rings. The SMILES string of the molecule is C[C@@H](CC1CCCC1)NCc1ccccc1NS(=O)(=O)c1ccc(-n2cnnn2)nc1. The van der Waals surface area contributed by atoms with E-state index >= 15 is 0 Å². The zero-order chi connectivity index (χ0) is 21.7. The van der Waals surface area contributed by atoms with Crippen LogP contribution in [0.3, 0.4) is 0 Å². The first-order valence-electron chi connectivity index (χ1n) is 10.5. The summed E-state index contributed by atoms with van der Waals surface area (Å²) in [4.78, 5) is 4.22. The molecular weight excluding hydrogens is 414 g/mol. The van der Waals surface area contributed by atoms with Gasteiger partial charge in [-0.25, -0.2) is 13.4 Å². The molecule has 9 nitrogen and oxygen atoms in total. The molecule has 1 aliphatic rings. The van der Waals surface area contributed by atoms with Crippen LogP contribution in [0.1, 0.15) is 44.6 Å². The van der Waals surface area contributed by atoms with Crippen LogP contribution in [0, 0.1) is 5.92 Å². The molecule has 4 rings (SSSR count). The number of hydrogen-bond donors (Lipinski definition) is 2. The van der Waals surface area contributed by atoms with E-state index in [-0.39, 0.29) is 4.90 Å². The van der Waals surface area contributed by atoms with Crippen molar-refractivity contribution in [1.82, 2.24) is 30.5 Å². The maximum atomic E-state index is 12.9. The van der Waals surface area contributed by atoms with Crippen LogP contribution in [-0.4, -0.2) is 39.7 Å². The fourth-order valence-electron chi connectivity index (χ4n) is 4.02. The van der Waals surface area contributed by atoms with Crippen molar-refractivity contribution in [2.75, 3.05) is 4.72 Å². The highest BCUT2D eigenvalue weighted by atomic mass is 32.2. The average Bonchev–Trinajstić information content (AvgIpc) is 3.47. The van der Waals surface area contributed by atoms with Gasteiger partial charge in [-0.3, -0.25) is 4.72 Å². The topological polar surface area (TPSA) is 115 Å². The van der Waals surface area contributed by atoms with Crippen LogP contribution >= 0.6 is 0 Å². The van der Waals surface area contributed by atoms with Gasteiger partial charge in [-0.2, -0.15) is 4.68 Å². The van der Waals surface area contributed by atoms with Gasteiger partial charge in [-0.05, 0) is 53.5 Å². The fourth-order valence-corrected chi connectivity index (χ4v) is 5.07. The Bertz CT molecular complexity index is 1080. The largest absolute Gasteiger partial charge is 0.310 e. The standard InChI is InChI=1S/C21H27N7O2S/c1-16(12-17-6-2-3-7-17)22-13-18-8-4-5-9-20(18)25-31(29,30)19-10-11-21(23-14-19)28-15-24-26-27-28/h4-5,8-11,14-17,22,25H,2-3,6-7,12-13H2,1H3/t16-/m0/s1. The Morgan fingerprint density at radius 2 is 1.97 bits per heavy atom. The molecule has 2 N–H and O–H groups in total. The maximum Gasteiger partial charge on any atom is 0.263 e. The molecule has 0 amide bonds. The van der Waals surface area contributed by atoms with Crippen LogP contribution in [0.25, 0.3) is 5.82 Å². The zero-order valence-corrected chi connectivity index (χ0v) is 18.3. The molecule has 0 bridgehead atoms. The number of benzene rings is 1. The highest BCUT2D eigenvalue weighted by Crippen LogP contribution is 2.28. The Balaban J connectivity index is 1.42. The summed E-state index contributed by atoms with van der Waals surface area (Å²) in [6.07, 6.45) is 9.18. The number of para-hydroxylation sites is 1. The Hall–Kier alpha value is -2.85. The second-order valence-corrected chi connectivity index (χ2v) is 9.72. The number of rotatable bonds is 9. The first kappa shape index (κ1) is 21.4. The third-order valence-corrected chi connectivity index (χ3v) is 7.03. The monoisotopic (exact) mass is 441 g/mol. The molecule has 2 aromatic heterocycles. The van der Waals surface area contributed by atoms with Crippen molar-refractivity contribution in [2.45, 2.75) is 56.5 Å². The van der Waals surface area contributed by atoms with Crippen molar-refractivity contribution in [2.24, 2.45) is 5.92 Å². The molecule has 1 aliphatic carbocycles. The highest BCUT2D eigenvalue weighted by Gasteiger charge is 2.19. The van der Waals surface area contributed by atoms with Gasteiger partial charge in [0, 0.05) is 18.8 Å². The fraction of sp³-hybridized carbons (Fsp3) is 0.429. The van der Waals surface area contributed by atoms with Gasteiger partial charge in [-0.1, -0.05) is 43.9 Å². The lowest BCUT2D eigenvalue weighted by Crippen LogP contribution is -2.28. The minimum Gasteiger partial charge on any atom is -0.310 e. The molecular formula is C21H27N7O2S. The molecule has 2 heterocycles. The maximum absolute atomic E-state index is 12.9. The molecule has 31 heavy (non-hydrogen) atoms. The van der Waals surface area contributed by atoms with Crippen molar-refractivity contribution in [1.29, 1.82) is 0 Å². The van der Waals surface area contributed by atoms with Crippen LogP contribution in [0.2, 0.25) is 0 Å². The lowest BCUT2D eigenvalue weighted by atomic mass is 9.99. The lowest BCUT2D eigenvalue weighted by molar-refractivity contribution is 0.404. The minimum absolute atomic E-state index is 0.0710. The summed E-state index contributed by atoms with van der Waals surface area (Å²) in [5.41, 5.74) is 1.47. The summed E-state index contributed by atoms with van der Waals surface area (Å²) in [6.45, 7) is 2.80. The van der Waals surface area contributed by atoms with Crippen molar-refractivity contribution in [3.8, 4) is 5.82 Å². The van der Waals surface area contributed by atoms with Gasteiger partial charge in [0.05, 0.1) is 5.69 Å². The van der Waals surface area contributed by atoms with E-state index in [0.717, 1.165) is 17.9 Å². The van der Waals surface area contributed by atoms with Gasteiger partial charge in [0.1, 0.15) is 11.2 Å². The number of aromatic nitrogens is 5. The van der Waals surface area contributed by atoms with Gasteiger partial charge < -0.3 is 5.32 Å². The van der Waals surface area contributed by atoms with E-state index in [2.05, 4.69) is 37.5 Å². The lowest BCUT2D eigenvalue weighted by Gasteiger charge is -2.19. The van der Waals surface area contributed by atoms with Crippen molar-refractivity contribution >= 4 is 15.7 Å². The van der Waals surface area contributed by atoms with Crippen LogP contribution in [0.4, 0.5) is 5.69 Å². The summed E-state index contributed by atoms with van der Waals surface area (Å²) in [5.74, 6) is 1.24. The number of nitrogens with zero attached hydrogens (tertiary/aromatic N) is 5. The van der Waals surface area contributed by atoms with Gasteiger partial charge in [0.15, 0.2) is 5.82 Å². The Labute approximate surface area is 182 Å². The number of hydrogen-bond acceptors (Lipinski definition) is 7. The molecule has 1 atom stereocenters. The molecule has 0 aliphatic heterocycles. The predicted octanol–water partition coefficient (Wildman–Crippen LogP) is 2.92. The highest BCUT2D eigenvalue weighted by molar-refractivity contribution is 7.92. The second-order valence-electron chi connectivity index (χ2n) is 8.04. The summed E-state index contributed by atoms with van der Waals surface area (Å²) >= 11 is 0. The first-order chi connectivity index (χ1) is 15.0. The normalized spacial score (nSPS) is 15.8. The number of sulfonamides is 1. The number of nitrogens with one attached hydrogen (secondary N) is 2. The smallest absolute Gasteiger partial charge is 0.263 e. The third-order valence-electron chi connectivity index (χ3n) is 5.68. The molecule has 164 valence electrons. The summed E-state index contributed by atoms with van der Waals surface area (Å²) in [5, 5.41) is 14.4. The minimum atomic E-state index is -3.78. The van der Waals surface area contributed by atoms with Crippen molar-refractivity contribution in [3.05, 3.63) is 54.5 Å². The van der Waals surface area contributed by atoms with E-state index in [1.54, 1.807) is 12.1 Å². The van der Waals surface area contributed by atoms with E-state index in [9.17, 15) is 8.42 Å². The molecule has 1 aromatic carbocycles. The summed E-state index contributed by atoms with van der Waals surface area (Å²) < 4.78 is 29.9. The van der Waals surface area contributed by atoms with Crippen molar-refractivity contribution < 1.29 is 8.42 Å². The molecule has 0 spiro atoms. The Kier molecular flexibility index (Phi) is 6.57. The third kappa shape index (κ3) is 5.45. The Morgan fingerprint density at radius 1 is 1.16 bits per heavy atom. The zero-order valence-electron chi connectivity index (χ0n) is 17.5. The summed E-state index contributed by atoms with van der Waals surface area (Å²) in [7, 11) is -3.78. The number of pyridine rings is 1. The molecule has 0 unspecified atom stereocenters. The molecule has 0 radical (unpaired) electrons. The van der Waals surface area contributed by atoms with E-state index in [0.29, 0.717) is 24.1 Å². The van der Waals surface area contributed by atoms with Crippen LogP contribution in [0.15, 0.2) is 53.8 Å². The van der Waals surface area contributed by atoms with E-state index in [4.69, 9.17) is 0 Å². The molecule has 1 saturated carbocycles. The van der Waals surface area contributed by atoms with Gasteiger partial charge in [0.2, 0.25) is 0 Å². The Morgan fingerprint density at radius 3 is 2.68 bits per heavy atom. The first-order valence-corrected chi connectivity index (χ1v) is 12.0. The van der Waals surface area contributed by atoms with Gasteiger partial charge in [0.25, 0.3) is 10.0 Å². The van der Waals surface area contributed by atoms with Crippen LogP contribution in [0.5, 0.6) is 0 Å². The van der Waals surface area contributed by atoms with Crippen LogP contribution < -0.4 is 10.0 Å². The van der Waals surface area contributed by atoms with Gasteiger partial charge in [-0.15, -0.1) is 5.10 Å². The number of anilines is 1. The molecule has 10 heteroatoms. The van der Waals surface area contributed by atoms with E-state index < -0.39 is 10.0 Å². The second kappa shape index (κ2) is 9.52. The van der Waals surface area contributed by atoms with E-state index in [1.807, 2.05) is 18.2 Å². The number of tetrazole rings is 1. The van der Waals surface area contributed by atoms with Gasteiger partial charge >= 0.3 is 0 Å². The predicted molar refractivity (Wildman–Crippen MR) is 117 cm³/mol. The molecule has 0 saturated heterocycles. The van der Waals surface area contributed by atoms with E-state index in [1.165, 1.54) is 49.0 Å². The molecule has 1 fully saturated rings. The van der Waals surface area contributed by atoms with Crippen molar-refractivity contribution in [3.63, 3.8) is 0 Å². The summed E-state index contributed by atoms with van der Waals surface area (Å²) in [6, 6.07) is 10.9. The van der Waals surface area contributed by atoms with Crippen LogP contribution in [-0.2, 0) is 16.6 Å². The quantitative estimate of drug-likeness (QED) is 0.525.